The Morgan fingerprint density at radius 2 is 1.19 bits per heavy atom. The van der Waals surface area contributed by atoms with Crippen LogP contribution in [-0.2, 0) is 30.5 Å². The number of rotatable bonds is 20. The number of Topliss-reactive ketones (excluding diaryl/α,β-unsaturated/α-hetero) is 2. The molecule has 0 radical (unpaired) electrons. The van der Waals surface area contributed by atoms with Gasteiger partial charge in [0.15, 0.2) is 0 Å². The molecule has 0 heterocycles. The summed E-state index contributed by atoms with van der Waals surface area (Å²) in [5.41, 5.74) is 0.972. The zero-order chi connectivity index (χ0) is 34.1. The highest BCUT2D eigenvalue weighted by molar-refractivity contribution is 5.86. The van der Waals surface area contributed by atoms with Crippen LogP contribution in [0.1, 0.15) is 127 Å². The number of carbonyl (C=O) groups excluding carboxylic acids is 3. The molecule has 0 aliphatic carbocycles. The Morgan fingerprint density at radius 3 is 1.58 bits per heavy atom. The van der Waals surface area contributed by atoms with Crippen LogP contribution in [0.15, 0.2) is 30.3 Å². The lowest BCUT2D eigenvalue weighted by Gasteiger charge is -2.19. The maximum atomic E-state index is 12.5. The van der Waals surface area contributed by atoms with E-state index < -0.39 is 19.0 Å². The minimum Gasteiger partial charge on any atom is -0.481 e. The van der Waals surface area contributed by atoms with Gasteiger partial charge in [-0.15, -0.1) is 0 Å². The maximum Gasteiger partial charge on any atom is 0.309 e. The van der Waals surface area contributed by atoms with Gasteiger partial charge in [-0.1, -0.05) is 124 Å². The van der Waals surface area contributed by atoms with E-state index in [1.165, 1.54) is 0 Å². The molecule has 0 aromatic heterocycles. The van der Waals surface area contributed by atoms with Crippen LogP contribution in [0.3, 0.4) is 0 Å². The number of carbonyl (C=O) groups is 4. The maximum absolute atomic E-state index is 12.5. The molecule has 0 saturated carbocycles. The van der Waals surface area contributed by atoms with Crippen molar-refractivity contribution in [1.82, 2.24) is 0 Å². The van der Waals surface area contributed by atoms with Gasteiger partial charge in [0.25, 0.3) is 0 Å². The normalized spacial score (nSPS) is 13.8. The van der Waals surface area contributed by atoms with Gasteiger partial charge in [0.1, 0.15) is 18.2 Å². The average molecular weight is 610 g/mol. The molecule has 1 rings (SSSR count). The summed E-state index contributed by atoms with van der Waals surface area (Å²) in [6.45, 7) is 16.4. The van der Waals surface area contributed by atoms with Crippen molar-refractivity contribution < 1.29 is 34.8 Å². The van der Waals surface area contributed by atoms with Gasteiger partial charge in [0, 0.05) is 24.7 Å². The van der Waals surface area contributed by atoms with E-state index in [0.717, 1.165) is 50.5 Å². The van der Waals surface area contributed by atoms with Crippen molar-refractivity contribution in [3.8, 4) is 0 Å². The monoisotopic (exact) mass is 609 g/mol. The van der Waals surface area contributed by atoms with Crippen molar-refractivity contribution in [3.63, 3.8) is 0 Å². The van der Waals surface area contributed by atoms with Crippen LogP contribution in [0, 0.1) is 35.5 Å². The van der Waals surface area contributed by atoms with E-state index in [1.807, 2.05) is 71.9 Å². The number of esters is 1. The number of benzene rings is 1. The predicted octanol–water partition coefficient (Wildman–Crippen LogP) is 9.28. The molecule has 4 atom stereocenters. The smallest absolute Gasteiger partial charge is 0.309 e. The Hall–Kier alpha value is -2.57. The number of alkyl halides is 1. The molecule has 0 unspecified atom stereocenters. The van der Waals surface area contributed by atoms with Gasteiger partial charge in [-0.3, -0.25) is 23.6 Å². The van der Waals surface area contributed by atoms with E-state index in [9.17, 15) is 23.6 Å². The summed E-state index contributed by atoms with van der Waals surface area (Å²) >= 11 is 0. The van der Waals surface area contributed by atoms with Crippen molar-refractivity contribution in [1.29, 1.82) is 0 Å². The van der Waals surface area contributed by atoms with Crippen LogP contribution in [0.25, 0.3) is 0 Å². The largest absolute Gasteiger partial charge is 0.481 e. The van der Waals surface area contributed by atoms with Crippen LogP contribution >= 0.6 is 0 Å². The van der Waals surface area contributed by atoms with Crippen LogP contribution < -0.4 is 0 Å². The van der Waals surface area contributed by atoms with Crippen molar-refractivity contribution in [2.45, 2.75) is 126 Å². The van der Waals surface area contributed by atoms with Gasteiger partial charge in [-0.25, -0.2) is 0 Å². The summed E-state index contributed by atoms with van der Waals surface area (Å²) in [4.78, 5) is 47.8. The van der Waals surface area contributed by atoms with Crippen LogP contribution in [0.2, 0.25) is 0 Å². The lowest BCUT2D eigenvalue weighted by Crippen LogP contribution is -2.25. The Morgan fingerprint density at radius 1 is 0.767 bits per heavy atom. The molecule has 248 valence electrons. The average Bonchev–Trinajstić information content (AvgIpc) is 2.99. The molecule has 43 heavy (non-hydrogen) atoms. The zero-order valence-electron chi connectivity index (χ0n) is 29.2. The summed E-state index contributed by atoms with van der Waals surface area (Å²) in [5, 5.41) is 9.09. The van der Waals surface area contributed by atoms with E-state index in [4.69, 9.17) is 11.2 Å². The van der Waals surface area contributed by atoms with Gasteiger partial charge in [-0.05, 0) is 30.2 Å². The quantitative estimate of drug-likeness (QED) is 0.117. The first-order chi connectivity index (χ1) is 20.8. The fraction of sp³-hybridized carbons (Fsp3) is 0.722. The molecule has 0 aliphatic rings. The summed E-state index contributed by atoms with van der Waals surface area (Å²) in [6, 6.07) is 9.66. The van der Waals surface area contributed by atoms with Crippen LogP contribution in [-0.4, -0.2) is 35.8 Å². The molecule has 0 amide bonds. The third-order valence-electron chi connectivity index (χ3n) is 8.13. The lowest BCUT2D eigenvalue weighted by molar-refractivity contribution is -0.152. The second-order valence-corrected chi connectivity index (χ2v) is 12.2. The molecule has 6 nitrogen and oxygen atoms in total. The topological polar surface area (TPSA) is 97.7 Å². The molecule has 0 aliphatic heterocycles. The zero-order valence-corrected chi connectivity index (χ0v) is 28.2. The number of ketones is 2. The van der Waals surface area contributed by atoms with Gasteiger partial charge < -0.3 is 9.84 Å². The molecule has 1 aromatic rings. The molecule has 1 aromatic carbocycles. The first-order valence-electron chi connectivity index (χ1n) is 16.8. The number of carboxylic acid groups (broad SMARTS) is 1. The molecule has 1 N–H and O–H groups in total. The third kappa shape index (κ3) is 20.1. The van der Waals surface area contributed by atoms with Gasteiger partial charge >= 0.3 is 11.9 Å². The third-order valence-corrected chi connectivity index (χ3v) is 8.13. The number of halogens is 1. The number of ether oxygens (including phenoxy) is 1. The summed E-state index contributed by atoms with van der Waals surface area (Å²) in [6.07, 6.45) is 8.01. The molecular weight excluding hydrogens is 547 g/mol. The Balaban J connectivity index is 0. The van der Waals surface area contributed by atoms with Crippen molar-refractivity contribution in [2.24, 2.45) is 35.5 Å². The predicted molar refractivity (Wildman–Crippen MR) is 173 cm³/mol. The number of hydrogen-bond acceptors (Lipinski definition) is 5. The van der Waals surface area contributed by atoms with Crippen LogP contribution in [0.4, 0.5) is 4.39 Å². The van der Waals surface area contributed by atoms with E-state index in [-0.39, 0.29) is 54.2 Å². The minimum absolute atomic E-state index is 0.0133. The highest BCUT2D eigenvalue weighted by atomic mass is 19.1. The summed E-state index contributed by atoms with van der Waals surface area (Å²) in [7, 11) is -1.00. The molecule has 0 fully saturated rings. The number of carboxylic acids is 1. The molecule has 7 heteroatoms. The van der Waals surface area contributed by atoms with E-state index in [2.05, 4.69) is 13.8 Å². The van der Waals surface area contributed by atoms with E-state index >= 15 is 0 Å². The Kier molecular flexibility index (Phi) is 24.3. The standard InChI is InChI=1S/C21H32O3.C14H26O3.CH3F/c1-5-6-8-13-19(14-20(22)17(4)16(2)3)21(23)24-15-18-11-9-7-10-12-18;1-5-6-7-8-12(14(16)17)9-13(15)11(4)10(2)3;1-2/h7,9-12,16-17,19H,5-6,8,13-15H2,1-4H3;10-12H,5-9H2,1-4H3,(H,16,17);1H3/t17-,19+;11-,12+;/m00./s1/i;;1D. The lowest BCUT2D eigenvalue weighted by atomic mass is 9.86. The van der Waals surface area contributed by atoms with Gasteiger partial charge in [0.2, 0.25) is 0 Å². The second kappa shape index (κ2) is 25.9. The second-order valence-electron chi connectivity index (χ2n) is 12.2. The molecular formula is C36H61FO6. The highest BCUT2D eigenvalue weighted by Crippen LogP contribution is 2.22. The fourth-order valence-corrected chi connectivity index (χ4v) is 4.35. The van der Waals surface area contributed by atoms with E-state index in [0.29, 0.717) is 18.8 Å². The Labute approximate surface area is 263 Å². The van der Waals surface area contributed by atoms with Crippen molar-refractivity contribution in [3.05, 3.63) is 35.9 Å². The Bertz CT molecular complexity index is 905. The fourth-order valence-electron chi connectivity index (χ4n) is 4.35. The van der Waals surface area contributed by atoms with Crippen molar-refractivity contribution in [2.75, 3.05) is 7.15 Å². The highest BCUT2D eigenvalue weighted by Gasteiger charge is 2.27. The summed E-state index contributed by atoms with van der Waals surface area (Å²) < 4.78 is 21.0. The number of unbranched alkanes of at least 4 members (excludes halogenated alkanes) is 4. The SMILES string of the molecule is CCCCC[C@H](CC(=O)[C@@H](C)C(C)C)C(=O)O.CCCCC[C@H](CC(=O)[C@@H](C)C(C)C)C(=O)OCc1ccccc1.[2H]CF. The van der Waals surface area contributed by atoms with Crippen molar-refractivity contribution >= 4 is 23.5 Å². The molecule has 0 spiro atoms. The van der Waals surface area contributed by atoms with Crippen LogP contribution in [0.5, 0.6) is 0 Å². The first-order valence-corrected chi connectivity index (χ1v) is 16.1. The van der Waals surface area contributed by atoms with Gasteiger partial charge in [-0.2, -0.15) is 0 Å². The number of hydrogen-bond donors (Lipinski definition) is 1. The minimum atomic E-state index is -1.00. The molecule has 0 saturated heterocycles. The van der Waals surface area contributed by atoms with E-state index in [1.54, 1.807) is 0 Å². The van der Waals surface area contributed by atoms with Gasteiger partial charge in [0.05, 0.1) is 20.4 Å². The molecule has 0 bridgehead atoms. The first kappa shape index (κ1) is 40.4. The number of aliphatic carboxylic acids is 1. The summed E-state index contributed by atoms with van der Waals surface area (Å²) in [5.74, 6) is -1.08.